The molecule has 1 amide bonds. The van der Waals surface area contributed by atoms with E-state index < -0.39 is 33.4 Å². The summed E-state index contributed by atoms with van der Waals surface area (Å²) in [5.41, 5.74) is -1.03. The summed E-state index contributed by atoms with van der Waals surface area (Å²) in [4.78, 5) is 25.3. The number of carbonyl (C=O) groups is 2. The average Bonchev–Trinajstić information content (AvgIpc) is 3.19. The van der Waals surface area contributed by atoms with Crippen LogP contribution in [0.4, 0.5) is 13.2 Å². The Kier molecular flexibility index (Phi) is 8.55. The number of halogens is 3. The third-order valence-electron chi connectivity index (χ3n) is 5.82. The molecular formula is C22H27AsF3N2O4. The van der Waals surface area contributed by atoms with Crippen LogP contribution in [0.15, 0.2) is 36.9 Å². The summed E-state index contributed by atoms with van der Waals surface area (Å²) in [6, 6.07) is 4.17. The third-order valence-corrected chi connectivity index (χ3v) is 9.25. The Morgan fingerprint density at radius 1 is 1.34 bits per heavy atom. The van der Waals surface area contributed by atoms with Crippen molar-refractivity contribution in [1.82, 2.24) is 10.6 Å². The summed E-state index contributed by atoms with van der Waals surface area (Å²) < 4.78 is 49.8. The zero-order valence-electron chi connectivity index (χ0n) is 17.6. The number of rotatable bonds is 9. The van der Waals surface area contributed by atoms with Crippen molar-refractivity contribution in [2.24, 2.45) is 5.92 Å². The fraction of sp³-hybridized carbons (Fsp3) is 0.545. The van der Waals surface area contributed by atoms with Gasteiger partial charge in [-0.25, -0.2) is 0 Å². The van der Waals surface area contributed by atoms with Crippen LogP contribution in [0.2, 0.25) is 4.20 Å². The van der Waals surface area contributed by atoms with Crippen LogP contribution in [0.5, 0.6) is 0 Å². The van der Waals surface area contributed by atoms with Crippen molar-refractivity contribution in [3.63, 3.8) is 0 Å². The average molecular weight is 515 g/mol. The Bertz CT molecular complexity index is 830. The molecule has 2 heterocycles. The Morgan fingerprint density at radius 2 is 2.09 bits per heavy atom. The fourth-order valence-electron chi connectivity index (χ4n) is 4.26. The van der Waals surface area contributed by atoms with Gasteiger partial charge in [-0.15, -0.1) is 0 Å². The van der Waals surface area contributed by atoms with Crippen LogP contribution < -0.4 is 10.6 Å². The van der Waals surface area contributed by atoms with E-state index in [1.165, 1.54) is 12.1 Å². The molecule has 32 heavy (non-hydrogen) atoms. The first kappa shape index (κ1) is 25.0. The zero-order valence-corrected chi connectivity index (χ0v) is 19.5. The van der Waals surface area contributed by atoms with Crippen molar-refractivity contribution in [2.45, 2.75) is 29.3 Å². The monoisotopic (exact) mass is 515 g/mol. The van der Waals surface area contributed by atoms with Gasteiger partial charge in [0.2, 0.25) is 0 Å². The maximum absolute atomic E-state index is 12.9. The van der Waals surface area contributed by atoms with E-state index in [-0.39, 0.29) is 32.9 Å². The molecule has 0 saturated carbocycles. The van der Waals surface area contributed by atoms with Crippen LogP contribution in [0.3, 0.4) is 0 Å². The van der Waals surface area contributed by atoms with E-state index in [0.717, 1.165) is 25.0 Å². The molecule has 6 nitrogen and oxygen atoms in total. The van der Waals surface area contributed by atoms with Crippen LogP contribution in [0.1, 0.15) is 28.8 Å². The molecule has 1 aromatic carbocycles. The molecule has 1 radical (unpaired) electrons. The molecular weight excluding hydrogens is 488 g/mol. The molecule has 175 valence electrons. The van der Waals surface area contributed by atoms with Gasteiger partial charge in [-0.2, -0.15) is 0 Å². The number of carbonyl (C=O) groups excluding carboxylic acids is 2. The normalized spacial score (nSPS) is 24.7. The maximum atomic E-state index is 12.9. The van der Waals surface area contributed by atoms with Gasteiger partial charge in [0.1, 0.15) is 0 Å². The second kappa shape index (κ2) is 11.0. The van der Waals surface area contributed by atoms with E-state index in [2.05, 4.69) is 17.2 Å². The molecule has 0 unspecified atom stereocenters. The molecule has 0 bridgehead atoms. The SMILES string of the molecule is C=CCO[C@@H]1CNC[C@]1([As]C(=O)CNC(=O)c1cccc(C(F)(F)F)c1)C1CCOCC1. The molecule has 2 aliphatic heterocycles. The Labute approximate surface area is 192 Å². The van der Waals surface area contributed by atoms with E-state index in [9.17, 15) is 22.8 Å². The first-order valence-electron chi connectivity index (χ1n) is 10.5. The first-order valence-corrected chi connectivity index (χ1v) is 12.4. The predicted octanol–water partition coefficient (Wildman–Crippen LogP) is 2.43. The summed E-state index contributed by atoms with van der Waals surface area (Å²) in [6.07, 6.45) is -1.31. The van der Waals surface area contributed by atoms with Crippen LogP contribution in [0, 0.1) is 5.92 Å². The second-order valence-corrected chi connectivity index (χ2v) is 11.1. The van der Waals surface area contributed by atoms with Crippen molar-refractivity contribution in [3.05, 3.63) is 48.0 Å². The van der Waals surface area contributed by atoms with Crippen molar-refractivity contribution in [1.29, 1.82) is 0 Å². The molecule has 2 aliphatic rings. The van der Waals surface area contributed by atoms with E-state index in [1.807, 2.05) is 0 Å². The van der Waals surface area contributed by atoms with Crippen LogP contribution in [-0.4, -0.2) is 71.8 Å². The summed E-state index contributed by atoms with van der Waals surface area (Å²) in [5, 5.41) is 5.86. The first-order chi connectivity index (χ1) is 15.3. The number of ether oxygens (including phenoxy) is 2. The van der Waals surface area contributed by atoms with Crippen molar-refractivity contribution in [3.8, 4) is 0 Å². The summed E-state index contributed by atoms with van der Waals surface area (Å²) in [5.74, 6) is -0.432. The van der Waals surface area contributed by atoms with Crippen molar-refractivity contribution in [2.75, 3.05) is 39.5 Å². The van der Waals surface area contributed by atoms with Crippen LogP contribution in [-0.2, 0) is 20.4 Å². The second-order valence-electron chi connectivity index (χ2n) is 7.89. The molecule has 0 aliphatic carbocycles. The fourth-order valence-corrected chi connectivity index (χ4v) is 7.54. The molecule has 1 aromatic rings. The number of nitrogens with one attached hydrogen (secondary N) is 2. The van der Waals surface area contributed by atoms with Gasteiger partial charge in [0.15, 0.2) is 0 Å². The van der Waals surface area contributed by atoms with Crippen LogP contribution in [0.25, 0.3) is 0 Å². The molecule has 3 rings (SSSR count). The molecule has 2 atom stereocenters. The summed E-state index contributed by atoms with van der Waals surface area (Å²) in [7, 11) is 0. The summed E-state index contributed by atoms with van der Waals surface area (Å²) in [6.45, 7) is 6.46. The molecule has 2 fully saturated rings. The Balaban J connectivity index is 1.66. The molecule has 0 aromatic heterocycles. The van der Waals surface area contributed by atoms with Gasteiger partial charge in [0, 0.05) is 0 Å². The Morgan fingerprint density at radius 3 is 2.78 bits per heavy atom. The van der Waals surface area contributed by atoms with E-state index in [0.29, 0.717) is 32.9 Å². The molecule has 10 heteroatoms. The van der Waals surface area contributed by atoms with Crippen LogP contribution >= 0.6 is 0 Å². The molecule has 2 saturated heterocycles. The number of alkyl halides is 3. The quantitative estimate of drug-likeness (QED) is 0.391. The van der Waals surface area contributed by atoms with Gasteiger partial charge in [0.05, 0.1) is 0 Å². The van der Waals surface area contributed by atoms with Crippen molar-refractivity contribution >= 4 is 26.2 Å². The van der Waals surface area contributed by atoms with Crippen molar-refractivity contribution < 1.29 is 32.2 Å². The third kappa shape index (κ3) is 6.01. The minimum atomic E-state index is -4.54. The standard InChI is InChI=1S/C22H27AsF3N2O4/c1-2-8-32-18-12-27-14-21(18,16-6-9-31-10-7-16)23-19(29)13-28-20(30)15-4-3-5-17(11-15)22(24,25)26/h2-5,11,16,18,27H,1,6-10,12-14H2,(H,28,30)/t18-,21+/m1/s1. The van der Waals surface area contributed by atoms with E-state index >= 15 is 0 Å². The molecule has 2 N–H and O–H groups in total. The number of benzene rings is 1. The van der Waals surface area contributed by atoms with Gasteiger partial charge in [0.25, 0.3) is 0 Å². The van der Waals surface area contributed by atoms with Gasteiger partial charge in [-0.3, -0.25) is 0 Å². The number of hydrogen-bond donors (Lipinski definition) is 2. The topological polar surface area (TPSA) is 76.7 Å². The Hall–Kier alpha value is -1.67. The number of amides is 1. The van der Waals surface area contributed by atoms with E-state index in [1.54, 1.807) is 6.08 Å². The van der Waals surface area contributed by atoms with Gasteiger partial charge < -0.3 is 0 Å². The zero-order chi connectivity index (χ0) is 23.2. The number of hydrogen-bond acceptors (Lipinski definition) is 5. The summed E-state index contributed by atoms with van der Waals surface area (Å²) >= 11 is -0.865. The minimum absolute atomic E-state index is 0.0935. The predicted molar refractivity (Wildman–Crippen MR) is 114 cm³/mol. The van der Waals surface area contributed by atoms with Gasteiger partial charge in [-0.05, 0) is 0 Å². The van der Waals surface area contributed by atoms with Gasteiger partial charge in [-0.1, -0.05) is 0 Å². The van der Waals surface area contributed by atoms with E-state index in [4.69, 9.17) is 9.47 Å². The van der Waals surface area contributed by atoms with Gasteiger partial charge >= 0.3 is 192 Å². The molecule has 0 spiro atoms.